The van der Waals surface area contributed by atoms with Crippen molar-refractivity contribution in [1.29, 1.82) is 0 Å². The Kier molecular flexibility index (Phi) is 31.0. The number of anilines is 4. The molecule has 0 bridgehead atoms. The van der Waals surface area contributed by atoms with E-state index in [4.69, 9.17) is 51.5 Å². The highest BCUT2D eigenvalue weighted by atomic mass is 35.5. The summed E-state index contributed by atoms with van der Waals surface area (Å²) in [5.41, 5.74) is 9.46. The average molecular weight is 1760 g/mol. The van der Waals surface area contributed by atoms with Gasteiger partial charge < -0.3 is 41.2 Å². The van der Waals surface area contributed by atoms with E-state index in [2.05, 4.69) is 46.2 Å². The van der Waals surface area contributed by atoms with Gasteiger partial charge in [0.05, 0.1) is 111 Å². The largest absolute Gasteiger partial charge is 0.395 e. The third-order valence-corrected chi connectivity index (χ3v) is 25.9. The number of aromatic nitrogens is 6. The Hall–Kier alpha value is -11.7. The molecular formula is C86H76Cl4N10O15S4. The molecule has 2 atom stereocenters. The topological polar surface area (TPSA) is 383 Å². The van der Waals surface area contributed by atoms with Crippen LogP contribution in [0.1, 0.15) is 60.8 Å². The molecule has 25 nitrogen and oxygen atoms in total. The van der Waals surface area contributed by atoms with E-state index in [1.54, 1.807) is 146 Å². The molecule has 0 saturated heterocycles. The van der Waals surface area contributed by atoms with E-state index in [0.29, 0.717) is 122 Å². The molecule has 7 N–H and O–H groups in total. The molecule has 0 saturated carbocycles. The third kappa shape index (κ3) is 25.2. The van der Waals surface area contributed by atoms with Gasteiger partial charge in [-0.25, -0.2) is 38.7 Å². The summed E-state index contributed by atoms with van der Waals surface area (Å²) < 4.78 is 99.5. The molecule has 0 aliphatic heterocycles. The van der Waals surface area contributed by atoms with Gasteiger partial charge in [0.15, 0.2) is 39.3 Å². The van der Waals surface area contributed by atoms with E-state index in [0.717, 1.165) is 0 Å². The number of nitrogens with zero attached hydrogens (tertiary/aromatic N) is 6. The Morgan fingerprint density at radius 1 is 0.378 bits per heavy atom. The fourth-order valence-corrected chi connectivity index (χ4v) is 17.4. The van der Waals surface area contributed by atoms with Gasteiger partial charge in [-0.15, -0.1) is 0 Å². The van der Waals surface area contributed by atoms with Gasteiger partial charge in [0.1, 0.15) is 0 Å². The highest BCUT2D eigenvalue weighted by Crippen LogP contribution is 2.35. The second-order valence-corrected chi connectivity index (χ2v) is 36.3. The zero-order chi connectivity index (χ0) is 85.6. The molecule has 0 aliphatic rings. The summed E-state index contributed by atoms with van der Waals surface area (Å²) in [6.45, 7) is 4.33. The Bertz CT molecular complexity index is 6220. The molecule has 33 heteroatoms. The van der Waals surface area contributed by atoms with Crippen LogP contribution in [0, 0.1) is 6.92 Å². The van der Waals surface area contributed by atoms with E-state index >= 15 is 0 Å². The first-order valence-corrected chi connectivity index (χ1v) is 44.2. The van der Waals surface area contributed by atoms with Crippen LogP contribution in [0.4, 0.5) is 22.7 Å². The lowest BCUT2D eigenvalue weighted by atomic mass is 10.1. The molecule has 0 radical (unpaired) electrons. The molecule has 4 amide bonds. The second kappa shape index (κ2) is 41.1. The van der Waals surface area contributed by atoms with E-state index in [9.17, 15) is 63.1 Å². The number of aliphatic hydroxyl groups excluding tert-OH is 3. The van der Waals surface area contributed by atoms with E-state index in [1.807, 2.05) is 54.6 Å². The number of hydrogen-bond donors (Lipinski definition) is 7. The predicted octanol–water partition coefficient (Wildman–Crippen LogP) is 15.7. The number of imidazole rings is 1. The van der Waals surface area contributed by atoms with Crippen molar-refractivity contribution in [1.82, 2.24) is 29.5 Å². The maximum absolute atomic E-state index is 12.8. The summed E-state index contributed by atoms with van der Waals surface area (Å²) in [4.78, 5) is 71.8. The molecule has 13 aromatic rings. The molecule has 5 aromatic heterocycles. The molecule has 5 heterocycles. The monoisotopic (exact) mass is 1760 g/mol. The van der Waals surface area contributed by atoms with E-state index in [1.165, 1.54) is 105 Å². The normalized spacial score (nSPS) is 11.8. The van der Waals surface area contributed by atoms with Crippen molar-refractivity contribution >= 4 is 132 Å². The number of carbonyl (C=O) groups excluding carboxylic acids is 4. The van der Waals surface area contributed by atoms with Crippen molar-refractivity contribution in [3.63, 3.8) is 0 Å². The zero-order valence-electron chi connectivity index (χ0n) is 63.5. The van der Waals surface area contributed by atoms with Crippen molar-refractivity contribution in [2.45, 2.75) is 59.1 Å². The van der Waals surface area contributed by atoms with Gasteiger partial charge in [-0.05, 0) is 239 Å². The van der Waals surface area contributed by atoms with Crippen LogP contribution >= 0.6 is 46.4 Å². The first-order chi connectivity index (χ1) is 56.8. The first kappa shape index (κ1) is 89.6. The van der Waals surface area contributed by atoms with Crippen LogP contribution < -0.4 is 21.3 Å². The van der Waals surface area contributed by atoms with Gasteiger partial charge in [0.25, 0.3) is 23.6 Å². The van der Waals surface area contributed by atoms with Crippen LogP contribution in [0.25, 0.3) is 45.0 Å². The minimum Gasteiger partial charge on any atom is -0.395 e. The Labute approximate surface area is 707 Å². The summed E-state index contributed by atoms with van der Waals surface area (Å²) in [6.07, 6.45) is 9.57. The van der Waals surface area contributed by atoms with Crippen LogP contribution in [0.15, 0.2) is 300 Å². The maximum atomic E-state index is 12.8. The molecule has 612 valence electrons. The van der Waals surface area contributed by atoms with Gasteiger partial charge in [-0.3, -0.25) is 39.1 Å². The number of rotatable bonds is 25. The number of amides is 4. The average Bonchev–Trinajstić information content (AvgIpc) is 0.900. The fourth-order valence-electron chi connectivity index (χ4n) is 11.4. The van der Waals surface area contributed by atoms with Crippen molar-refractivity contribution in [2.24, 2.45) is 0 Å². The highest BCUT2D eigenvalue weighted by Gasteiger charge is 2.24. The molecular weight excluding hydrogens is 1680 g/mol. The van der Waals surface area contributed by atoms with Crippen LogP contribution in [0.2, 0.25) is 20.1 Å². The number of sulfone groups is 4. The lowest BCUT2D eigenvalue weighted by molar-refractivity contribution is 0.101. The fraction of sp³-hybridized carbons (Fsp3) is 0.128. The lowest BCUT2D eigenvalue weighted by Crippen LogP contribution is -2.19. The zero-order valence-corrected chi connectivity index (χ0v) is 69.8. The maximum Gasteiger partial charge on any atom is 0.255 e. The van der Waals surface area contributed by atoms with Crippen LogP contribution in [-0.4, -0.2) is 144 Å². The van der Waals surface area contributed by atoms with Gasteiger partial charge in [-0.2, -0.15) is 0 Å². The minimum absolute atomic E-state index is 0.0545. The summed E-state index contributed by atoms with van der Waals surface area (Å²) in [5, 5.41) is 40.8. The van der Waals surface area contributed by atoms with Crippen molar-refractivity contribution < 1.29 is 68.2 Å². The van der Waals surface area contributed by atoms with Gasteiger partial charge in [0.2, 0.25) is 0 Å². The molecule has 119 heavy (non-hydrogen) atoms. The van der Waals surface area contributed by atoms with Crippen molar-refractivity contribution in [2.75, 3.05) is 50.9 Å². The molecule has 0 aliphatic carbocycles. The smallest absolute Gasteiger partial charge is 0.255 e. The number of aliphatic hydroxyl groups is 3. The van der Waals surface area contributed by atoms with Crippen molar-refractivity contribution in [3.8, 4) is 45.0 Å². The van der Waals surface area contributed by atoms with E-state index in [-0.39, 0.29) is 60.3 Å². The number of halogens is 4. The van der Waals surface area contributed by atoms with Gasteiger partial charge in [-0.1, -0.05) is 70.7 Å². The van der Waals surface area contributed by atoms with Gasteiger partial charge >= 0.3 is 0 Å². The summed E-state index contributed by atoms with van der Waals surface area (Å²) in [5.74, 6) is -2.68. The number of carbonyl (C=O) groups is 4. The Morgan fingerprint density at radius 3 is 0.983 bits per heavy atom. The molecule has 0 spiro atoms. The third-order valence-electron chi connectivity index (χ3n) is 17.3. The minimum atomic E-state index is -3.63. The standard InChI is InChI=1S/C23H19ClN4O3S.C22H21ClN2O4S.C21H19ClN2O4S.C20H17ClN2O4S/c24-21-9-6-18(15-20(21)22-3-1-2-10-26-22)27-23(29)17-4-7-19(8-5-17)32(30,31)14-13-28-12-11-25-16-28;1-14-11-17(30(28,29)13-15(2)26)7-8-18(14)22(27)25-16-6-9-20(23)19(12-16)21-5-3-4-10-24-21;1-14(25)13-29(27,28)17-8-5-15(6-9-17)21(26)24-16-7-10-19(22)18(12-16)20-4-2-3-11-23-20;21-18-9-6-15(13-17(18)19-3-1-2-10-22-19)23-20(25)14-4-7-16(8-5-14)28(26,27)12-11-24/h1-12,15-16H,13-14H2,(H,27,29);3-12,15,26H,13H2,1-2H3,(H,25,27);2-12,14,25H,13H2,1H3,(H,24,26);1-10,13,24H,11-12H2,(H,23,25). The first-order valence-electron chi connectivity index (χ1n) is 36.1. The quantitative estimate of drug-likeness (QED) is 0.0279. The number of aryl methyl sites for hydroxylation is 2. The SMILES string of the molecule is CC(O)CS(=O)(=O)c1ccc(C(=O)Nc2ccc(Cl)c(-c3ccccn3)c2)cc1.Cc1cc(S(=O)(=O)CC(C)O)ccc1C(=O)Nc1ccc(Cl)c(-c2ccccn2)c1.O=C(Nc1ccc(Cl)c(-c2ccccn2)c1)c1ccc(S(=O)(=O)CCO)cc1.O=C(Nc1ccc(Cl)c(-c2ccccn2)c1)c1ccc(S(=O)(=O)CCn2ccnc2)cc1. The molecule has 0 fully saturated rings. The Morgan fingerprint density at radius 2 is 0.689 bits per heavy atom. The summed E-state index contributed by atoms with van der Waals surface area (Å²) >= 11 is 25.1. The predicted molar refractivity (Wildman–Crippen MR) is 462 cm³/mol. The number of nitrogens with one attached hydrogen (secondary N) is 4. The number of hydrogen-bond acceptors (Lipinski definition) is 20. The number of pyridine rings is 4. The van der Waals surface area contributed by atoms with Gasteiger partial charge in [0, 0.05) is 111 Å². The van der Waals surface area contributed by atoms with E-state index < -0.39 is 64.1 Å². The van der Waals surface area contributed by atoms with Crippen LogP contribution in [0.3, 0.4) is 0 Å². The molecule has 13 rings (SSSR count). The second-order valence-electron chi connectivity index (χ2n) is 26.4. The molecule has 2 unspecified atom stereocenters. The number of benzene rings is 8. The highest BCUT2D eigenvalue weighted by molar-refractivity contribution is 7.92. The molecule has 8 aromatic carbocycles. The summed E-state index contributed by atoms with van der Waals surface area (Å²) in [7, 11) is -14.3. The Balaban J connectivity index is 0.000000167. The van der Waals surface area contributed by atoms with Crippen molar-refractivity contribution in [3.05, 3.63) is 328 Å². The lowest BCUT2D eigenvalue weighted by Gasteiger charge is -2.12. The summed E-state index contributed by atoms with van der Waals surface area (Å²) in [6, 6.07) is 63.6. The van der Waals surface area contributed by atoms with Crippen LogP contribution in [-0.2, 0) is 45.9 Å². The van der Waals surface area contributed by atoms with Crippen LogP contribution in [0.5, 0.6) is 0 Å².